The van der Waals surface area contributed by atoms with Crippen LogP contribution in [0.3, 0.4) is 0 Å². The molecule has 2 atom stereocenters. The number of rotatable bonds is 6. The summed E-state index contributed by atoms with van der Waals surface area (Å²) in [6.45, 7) is 4.80. The van der Waals surface area contributed by atoms with Gasteiger partial charge in [0.15, 0.2) is 0 Å². The Balaban J connectivity index is 1.05. The summed E-state index contributed by atoms with van der Waals surface area (Å²) >= 11 is 0. The summed E-state index contributed by atoms with van der Waals surface area (Å²) in [4.78, 5) is 8.60. The number of benzene rings is 5. The molecule has 0 bridgehead atoms. The van der Waals surface area contributed by atoms with E-state index in [1.165, 1.54) is 72.3 Å². The molecule has 2 aliphatic carbocycles. The van der Waals surface area contributed by atoms with E-state index in [1.807, 2.05) is 24.8 Å². The van der Waals surface area contributed by atoms with Crippen LogP contribution in [0, 0.1) is 0 Å². The van der Waals surface area contributed by atoms with Crippen LogP contribution in [-0.2, 0) is 0 Å². The lowest BCUT2D eigenvalue weighted by atomic mass is 9.83. The first-order valence-corrected chi connectivity index (χ1v) is 20.4. The van der Waals surface area contributed by atoms with E-state index in [0.29, 0.717) is 11.8 Å². The van der Waals surface area contributed by atoms with Gasteiger partial charge in [0.2, 0.25) is 0 Å². The summed E-state index contributed by atoms with van der Waals surface area (Å²) in [5.74, 6) is 0.775. The third kappa shape index (κ3) is 5.67. The number of nitrogens with zero attached hydrogens (tertiary/aromatic N) is 4. The van der Waals surface area contributed by atoms with Gasteiger partial charge in [-0.25, -0.2) is 0 Å². The normalized spacial score (nSPS) is 16.0. The summed E-state index contributed by atoms with van der Waals surface area (Å²) < 4.78 is 5.04. The van der Waals surface area contributed by atoms with Gasteiger partial charge >= 0.3 is 0 Å². The SMILES string of the molecule is CC1CC=Cc2c3c(n(-c4ccc(-c5ccccc5)cc4)c21)C(C)CC(c1ccc2c(c1)c1ccccc1n2-c1cc(-c2ccncc2)cc(-c2ccncc2)c1)=C3. The van der Waals surface area contributed by atoms with Crippen molar-refractivity contribution in [3.05, 3.63) is 198 Å². The van der Waals surface area contributed by atoms with Crippen molar-refractivity contribution >= 4 is 39.5 Å². The zero-order chi connectivity index (χ0) is 38.7. The van der Waals surface area contributed by atoms with Crippen LogP contribution in [0.1, 0.15) is 66.6 Å². The molecular weight excluding hydrogens is 705 g/mol. The van der Waals surface area contributed by atoms with Gasteiger partial charge in [0, 0.05) is 81.3 Å². The lowest BCUT2D eigenvalue weighted by molar-refractivity contribution is 0.673. The highest BCUT2D eigenvalue weighted by Gasteiger charge is 2.32. The Hall–Kier alpha value is -7.04. The zero-order valence-electron chi connectivity index (χ0n) is 32.7. The fraction of sp³-hybridized carbons (Fsp3) is 0.111. The van der Waals surface area contributed by atoms with Crippen molar-refractivity contribution in [3.8, 4) is 44.8 Å². The second kappa shape index (κ2) is 13.9. The number of fused-ring (bicyclic) bond motifs is 6. The maximum atomic E-state index is 4.30. The van der Waals surface area contributed by atoms with E-state index in [2.05, 4.69) is 191 Å². The quantitative estimate of drug-likeness (QED) is 0.170. The summed E-state index contributed by atoms with van der Waals surface area (Å²) in [5, 5.41) is 2.52. The third-order valence-corrected chi connectivity index (χ3v) is 12.4. The number of pyridine rings is 2. The smallest absolute Gasteiger partial charge is 0.0541 e. The third-order valence-electron chi connectivity index (χ3n) is 12.4. The van der Waals surface area contributed by atoms with E-state index in [1.54, 1.807) is 0 Å². The van der Waals surface area contributed by atoms with Crippen LogP contribution in [0.5, 0.6) is 0 Å². The Morgan fingerprint density at radius 1 is 0.466 bits per heavy atom. The van der Waals surface area contributed by atoms with Gasteiger partial charge in [-0.1, -0.05) is 92.7 Å². The predicted octanol–water partition coefficient (Wildman–Crippen LogP) is 13.9. The number of aromatic nitrogens is 4. The summed E-state index contributed by atoms with van der Waals surface area (Å²) in [7, 11) is 0. The van der Waals surface area contributed by atoms with Gasteiger partial charge in [0.05, 0.1) is 11.0 Å². The first-order valence-electron chi connectivity index (χ1n) is 20.4. The monoisotopic (exact) mass is 746 g/mol. The lowest BCUT2D eigenvalue weighted by Crippen LogP contribution is -2.12. The minimum atomic E-state index is 0.342. The lowest BCUT2D eigenvalue weighted by Gasteiger charge is -2.25. The molecule has 0 radical (unpaired) electrons. The number of allylic oxidation sites excluding steroid dienone is 2. The average Bonchev–Trinajstić information content (AvgIpc) is 3.81. The number of hydrogen-bond acceptors (Lipinski definition) is 2. The van der Waals surface area contributed by atoms with E-state index >= 15 is 0 Å². The van der Waals surface area contributed by atoms with Gasteiger partial charge in [0.1, 0.15) is 0 Å². The predicted molar refractivity (Wildman–Crippen MR) is 241 cm³/mol. The molecule has 2 unspecified atom stereocenters. The van der Waals surface area contributed by atoms with Crippen molar-refractivity contribution in [2.75, 3.05) is 0 Å². The number of hydrogen-bond donors (Lipinski definition) is 0. The van der Waals surface area contributed by atoms with Gasteiger partial charge in [0.25, 0.3) is 0 Å². The molecule has 0 saturated heterocycles. The average molecular weight is 747 g/mol. The summed E-state index contributed by atoms with van der Waals surface area (Å²) in [6.07, 6.45) is 16.7. The van der Waals surface area contributed by atoms with Crippen LogP contribution in [0.15, 0.2) is 170 Å². The molecule has 5 aromatic carbocycles. The molecule has 4 aromatic heterocycles. The topological polar surface area (TPSA) is 35.6 Å². The molecule has 0 fully saturated rings. The van der Waals surface area contributed by atoms with Gasteiger partial charge < -0.3 is 9.13 Å². The van der Waals surface area contributed by atoms with E-state index < -0.39 is 0 Å². The van der Waals surface area contributed by atoms with Gasteiger partial charge in [-0.05, 0) is 136 Å². The maximum Gasteiger partial charge on any atom is 0.0541 e. The van der Waals surface area contributed by atoms with E-state index in [0.717, 1.165) is 40.8 Å². The Bertz CT molecular complexity index is 3000. The number of para-hydroxylation sites is 1. The zero-order valence-corrected chi connectivity index (χ0v) is 32.7. The fourth-order valence-corrected chi connectivity index (χ4v) is 9.63. The molecule has 4 heteroatoms. The first-order chi connectivity index (χ1) is 28.6. The Morgan fingerprint density at radius 2 is 1.07 bits per heavy atom. The van der Waals surface area contributed by atoms with E-state index in [4.69, 9.17) is 0 Å². The van der Waals surface area contributed by atoms with Crippen LogP contribution >= 0.6 is 0 Å². The van der Waals surface area contributed by atoms with Crippen LogP contribution in [0.4, 0.5) is 0 Å². The van der Waals surface area contributed by atoms with Crippen LogP contribution in [0.25, 0.3) is 84.3 Å². The fourth-order valence-electron chi connectivity index (χ4n) is 9.63. The second-order valence-corrected chi connectivity index (χ2v) is 16.0. The highest BCUT2D eigenvalue weighted by Crippen LogP contribution is 2.48. The van der Waals surface area contributed by atoms with Crippen LogP contribution < -0.4 is 0 Å². The van der Waals surface area contributed by atoms with E-state index in [-0.39, 0.29) is 0 Å². The molecule has 9 aromatic rings. The van der Waals surface area contributed by atoms with Crippen molar-refractivity contribution < 1.29 is 0 Å². The minimum absolute atomic E-state index is 0.342. The van der Waals surface area contributed by atoms with E-state index in [9.17, 15) is 0 Å². The Kier molecular flexibility index (Phi) is 8.18. The molecule has 4 nitrogen and oxygen atoms in total. The molecular formula is C54H42N4. The molecule has 58 heavy (non-hydrogen) atoms. The van der Waals surface area contributed by atoms with Crippen molar-refractivity contribution in [1.29, 1.82) is 0 Å². The molecule has 0 saturated carbocycles. The largest absolute Gasteiger partial charge is 0.316 e. The molecule has 4 heterocycles. The molecule has 2 aliphatic rings. The second-order valence-electron chi connectivity index (χ2n) is 16.0. The molecule has 11 rings (SSSR count). The Labute approximate surface area is 339 Å². The molecule has 278 valence electrons. The molecule has 0 spiro atoms. The van der Waals surface area contributed by atoms with Crippen molar-refractivity contribution in [2.45, 2.75) is 38.5 Å². The van der Waals surface area contributed by atoms with Gasteiger partial charge in [-0.15, -0.1) is 0 Å². The molecule has 0 aliphatic heterocycles. The molecule has 0 N–H and O–H groups in total. The van der Waals surface area contributed by atoms with Crippen molar-refractivity contribution in [1.82, 2.24) is 19.1 Å². The van der Waals surface area contributed by atoms with Gasteiger partial charge in [-0.3, -0.25) is 9.97 Å². The Morgan fingerprint density at radius 3 is 1.79 bits per heavy atom. The summed E-state index contributed by atoms with van der Waals surface area (Å²) in [6, 6.07) is 51.1. The standard InChI is InChI=1S/C54H42N4/c1-35-9-8-13-48-50-34-42(29-36(2)54(50)58(53(35)48)45-18-15-38(16-19-45)37-10-4-3-5-11-37)41-17-20-52-49(33-41)47-12-6-7-14-51(47)57(52)46-31-43(39-21-25-55-26-22-39)30-44(32-46)40-23-27-56-28-24-40/h3-8,10-28,30-36H,9,29H2,1-2H3. The minimum Gasteiger partial charge on any atom is -0.316 e. The van der Waals surface area contributed by atoms with Crippen LogP contribution in [0.2, 0.25) is 0 Å². The van der Waals surface area contributed by atoms with Crippen LogP contribution in [-0.4, -0.2) is 19.1 Å². The van der Waals surface area contributed by atoms with Crippen molar-refractivity contribution in [2.24, 2.45) is 0 Å². The highest BCUT2D eigenvalue weighted by molar-refractivity contribution is 6.10. The summed E-state index contributed by atoms with van der Waals surface area (Å²) in [5.41, 5.74) is 20.1. The highest BCUT2D eigenvalue weighted by atomic mass is 15.0. The van der Waals surface area contributed by atoms with Crippen molar-refractivity contribution in [3.63, 3.8) is 0 Å². The molecule has 0 amide bonds. The first kappa shape index (κ1) is 34.2. The van der Waals surface area contributed by atoms with Gasteiger partial charge in [-0.2, -0.15) is 0 Å². The maximum absolute atomic E-state index is 4.30.